The fourth-order valence-electron chi connectivity index (χ4n) is 1.44. The summed E-state index contributed by atoms with van der Waals surface area (Å²) in [5.74, 6) is -0.0176. The molecule has 1 rings (SSSR count). The Labute approximate surface area is 121 Å². The number of nitrogens with two attached hydrogens (primary N) is 1. The molecule has 0 aromatic heterocycles. The molecule has 0 atom stereocenters. The Balaban J connectivity index is 3.39. The molecule has 0 amide bonds. The molecular formula is C11H13ClN2O5S. The number of hydrogen-bond donors (Lipinski definition) is 1. The van der Waals surface area contributed by atoms with Gasteiger partial charge in [-0.2, -0.15) is 0 Å². The number of primary sulfonamides is 1. The number of ether oxygens (including phenoxy) is 1. The minimum atomic E-state index is -4.15. The number of aryl methyl sites for hydroxylation is 1. The van der Waals surface area contributed by atoms with Gasteiger partial charge in [-0.1, -0.05) is 11.6 Å². The van der Waals surface area contributed by atoms with Crippen LogP contribution in [0, 0.1) is 17.0 Å². The van der Waals surface area contributed by atoms with Gasteiger partial charge in [0.25, 0.3) is 5.69 Å². The maximum absolute atomic E-state index is 11.5. The fourth-order valence-corrected chi connectivity index (χ4v) is 2.27. The fraction of sp³-hybridized carbons (Fsp3) is 0.273. The highest BCUT2D eigenvalue weighted by Gasteiger charge is 2.22. The molecule has 1 aromatic carbocycles. The van der Waals surface area contributed by atoms with Gasteiger partial charge in [-0.05, 0) is 25.0 Å². The molecule has 0 saturated heterocycles. The third kappa shape index (κ3) is 3.92. The Morgan fingerprint density at radius 1 is 1.55 bits per heavy atom. The van der Waals surface area contributed by atoms with E-state index in [4.69, 9.17) is 21.5 Å². The van der Waals surface area contributed by atoms with Crippen molar-refractivity contribution in [3.8, 4) is 5.75 Å². The third-order valence-electron chi connectivity index (χ3n) is 2.37. The van der Waals surface area contributed by atoms with Gasteiger partial charge in [0, 0.05) is 17.7 Å². The third-order valence-corrected chi connectivity index (χ3v) is 3.66. The number of nitrogens with zero attached hydrogens (tertiary/aromatic N) is 1. The van der Waals surface area contributed by atoms with Gasteiger partial charge in [-0.25, -0.2) is 13.6 Å². The summed E-state index contributed by atoms with van der Waals surface area (Å²) in [7, 11) is -4.15. The van der Waals surface area contributed by atoms with Gasteiger partial charge >= 0.3 is 0 Å². The molecule has 110 valence electrons. The Bertz CT molecular complexity index is 670. The first-order valence-electron chi connectivity index (χ1n) is 5.37. The molecule has 0 bridgehead atoms. The second kappa shape index (κ2) is 6.21. The summed E-state index contributed by atoms with van der Waals surface area (Å²) in [6.45, 7) is 3.23. The summed E-state index contributed by atoms with van der Waals surface area (Å²) in [5, 5.41) is 15.8. The summed E-state index contributed by atoms with van der Waals surface area (Å²) >= 11 is 5.48. The summed E-state index contributed by atoms with van der Waals surface area (Å²) in [6, 6.07) is 2.08. The predicted molar refractivity (Wildman–Crippen MR) is 74.3 cm³/mol. The van der Waals surface area contributed by atoms with Crippen molar-refractivity contribution < 1.29 is 18.1 Å². The molecule has 0 heterocycles. The lowest BCUT2D eigenvalue weighted by molar-refractivity contribution is -0.385. The number of non-ortho nitro benzene ring substituents is 1. The molecule has 0 aliphatic rings. The van der Waals surface area contributed by atoms with E-state index in [1.54, 1.807) is 6.92 Å². The largest absolute Gasteiger partial charge is 0.488 e. The maximum Gasteiger partial charge on any atom is 0.271 e. The number of rotatable bonds is 5. The first-order valence-corrected chi connectivity index (χ1v) is 7.35. The average molecular weight is 321 g/mol. The minimum absolute atomic E-state index is 0.0176. The molecule has 20 heavy (non-hydrogen) atoms. The van der Waals surface area contributed by atoms with Crippen LogP contribution in [0.3, 0.4) is 0 Å². The van der Waals surface area contributed by atoms with Crippen LogP contribution in [0.15, 0.2) is 28.1 Å². The molecule has 0 fully saturated rings. The van der Waals surface area contributed by atoms with Crippen molar-refractivity contribution in [2.24, 2.45) is 5.14 Å². The highest BCUT2D eigenvalue weighted by atomic mass is 35.5. The lowest BCUT2D eigenvalue weighted by Crippen LogP contribution is -2.15. The molecule has 0 aliphatic heterocycles. The predicted octanol–water partition coefficient (Wildman–Crippen LogP) is 2.07. The summed E-state index contributed by atoms with van der Waals surface area (Å²) < 4.78 is 28.4. The van der Waals surface area contributed by atoms with Crippen molar-refractivity contribution in [1.82, 2.24) is 0 Å². The van der Waals surface area contributed by atoms with Crippen molar-refractivity contribution in [3.63, 3.8) is 0 Å². The topological polar surface area (TPSA) is 113 Å². The molecule has 7 nitrogen and oxygen atoms in total. The second-order valence-electron chi connectivity index (χ2n) is 4.14. The average Bonchev–Trinajstić information content (AvgIpc) is 2.34. The zero-order valence-electron chi connectivity index (χ0n) is 10.8. The van der Waals surface area contributed by atoms with Gasteiger partial charge in [0.05, 0.1) is 4.92 Å². The lowest BCUT2D eigenvalue weighted by Gasteiger charge is -2.13. The van der Waals surface area contributed by atoms with Gasteiger partial charge in [0.2, 0.25) is 10.0 Å². The van der Waals surface area contributed by atoms with E-state index in [-0.39, 0.29) is 18.0 Å². The zero-order chi connectivity index (χ0) is 15.5. The Morgan fingerprint density at radius 3 is 2.60 bits per heavy atom. The van der Waals surface area contributed by atoms with E-state index >= 15 is 0 Å². The summed E-state index contributed by atoms with van der Waals surface area (Å²) in [5.41, 5.74) is 1.87. The zero-order valence-corrected chi connectivity index (χ0v) is 12.4. The molecule has 1 aromatic rings. The van der Waals surface area contributed by atoms with Crippen molar-refractivity contribution in [1.29, 1.82) is 0 Å². The minimum Gasteiger partial charge on any atom is -0.488 e. The molecule has 0 aliphatic carbocycles. The van der Waals surface area contributed by atoms with Crippen LogP contribution in [0.5, 0.6) is 5.75 Å². The van der Waals surface area contributed by atoms with Crippen LogP contribution in [0.1, 0.15) is 12.5 Å². The summed E-state index contributed by atoms with van der Waals surface area (Å²) in [4.78, 5) is 9.64. The maximum atomic E-state index is 11.5. The Morgan fingerprint density at radius 2 is 2.15 bits per heavy atom. The number of halogens is 1. The molecule has 0 spiro atoms. The standard InChI is InChI=1S/C11H13ClN2O5S/c1-7(5-12)6-19-11-8(2)3-9(14(15)16)4-10(11)20(13,17)18/h3-5H,6H2,1-2H3,(H2,13,17,18). The van der Waals surface area contributed by atoms with E-state index in [2.05, 4.69) is 0 Å². The van der Waals surface area contributed by atoms with Crippen LogP contribution in [0.2, 0.25) is 0 Å². The monoisotopic (exact) mass is 320 g/mol. The van der Waals surface area contributed by atoms with Crippen molar-refractivity contribution >= 4 is 27.3 Å². The van der Waals surface area contributed by atoms with Gasteiger partial charge in [0.1, 0.15) is 17.3 Å². The van der Waals surface area contributed by atoms with Gasteiger partial charge in [-0.3, -0.25) is 10.1 Å². The van der Waals surface area contributed by atoms with Crippen molar-refractivity contribution in [3.05, 3.63) is 38.9 Å². The Kier molecular flexibility index (Phi) is 5.09. The van der Waals surface area contributed by atoms with Crippen molar-refractivity contribution in [2.75, 3.05) is 6.61 Å². The van der Waals surface area contributed by atoms with Gasteiger partial charge in [-0.15, -0.1) is 0 Å². The first kappa shape index (κ1) is 16.4. The molecule has 0 radical (unpaired) electrons. The van der Waals surface area contributed by atoms with Crippen LogP contribution in [-0.2, 0) is 10.0 Å². The van der Waals surface area contributed by atoms with Crippen LogP contribution in [-0.4, -0.2) is 19.9 Å². The van der Waals surface area contributed by atoms with Crippen molar-refractivity contribution in [2.45, 2.75) is 18.7 Å². The molecule has 0 saturated carbocycles. The van der Waals surface area contributed by atoms with E-state index in [9.17, 15) is 18.5 Å². The number of sulfonamides is 1. The molecule has 0 unspecified atom stereocenters. The van der Waals surface area contributed by atoms with E-state index in [0.29, 0.717) is 11.1 Å². The number of hydrogen-bond acceptors (Lipinski definition) is 5. The van der Waals surface area contributed by atoms with Crippen LogP contribution in [0.4, 0.5) is 5.69 Å². The van der Waals surface area contributed by atoms with E-state index in [0.717, 1.165) is 6.07 Å². The van der Waals surface area contributed by atoms with Crippen LogP contribution in [0.25, 0.3) is 0 Å². The Hall–Kier alpha value is -1.64. The van der Waals surface area contributed by atoms with E-state index < -0.39 is 19.8 Å². The molecule has 2 N–H and O–H groups in total. The number of nitro groups is 1. The van der Waals surface area contributed by atoms with Gasteiger partial charge in [0.15, 0.2) is 0 Å². The highest BCUT2D eigenvalue weighted by molar-refractivity contribution is 7.89. The normalized spacial score (nSPS) is 12.3. The summed E-state index contributed by atoms with van der Waals surface area (Å²) in [6.07, 6.45) is 0. The van der Waals surface area contributed by atoms with E-state index in [1.807, 2.05) is 0 Å². The lowest BCUT2D eigenvalue weighted by atomic mass is 10.2. The molecular weight excluding hydrogens is 308 g/mol. The second-order valence-corrected chi connectivity index (χ2v) is 5.88. The number of benzene rings is 1. The highest BCUT2D eigenvalue weighted by Crippen LogP contribution is 2.32. The van der Waals surface area contributed by atoms with E-state index in [1.165, 1.54) is 18.5 Å². The quantitative estimate of drug-likeness (QED) is 0.659. The SMILES string of the molecule is CC(=CCl)COc1c(C)cc([N+](=O)[O-])cc1S(N)(=O)=O. The van der Waals surface area contributed by atoms with Crippen LogP contribution >= 0.6 is 11.6 Å². The smallest absolute Gasteiger partial charge is 0.271 e. The van der Waals surface area contributed by atoms with Gasteiger partial charge < -0.3 is 4.74 Å². The first-order chi connectivity index (χ1) is 9.16. The van der Waals surface area contributed by atoms with Crippen LogP contribution < -0.4 is 9.88 Å². The molecule has 9 heteroatoms. The number of nitro benzene ring substituents is 1.